The van der Waals surface area contributed by atoms with Crippen LogP contribution >= 0.6 is 0 Å². The van der Waals surface area contributed by atoms with Gasteiger partial charge in [0.25, 0.3) is 0 Å². The number of nitrogens with zero attached hydrogens (tertiary/aromatic N) is 3. The minimum atomic E-state index is -0.488. The Hall–Kier alpha value is -1.62. The van der Waals surface area contributed by atoms with Crippen molar-refractivity contribution in [3.05, 3.63) is 23.4 Å². The van der Waals surface area contributed by atoms with E-state index < -0.39 is 6.10 Å². The SMILES string of the molecule is Cc1nc(N2CCN(C=O)CC2)ccc1[C@H](C)O. The van der Waals surface area contributed by atoms with Gasteiger partial charge in [0.15, 0.2) is 0 Å². The predicted molar refractivity (Wildman–Crippen MR) is 69.5 cm³/mol. The molecule has 1 fully saturated rings. The fraction of sp³-hybridized carbons (Fsp3) is 0.538. The fourth-order valence-electron chi connectivity index (χ4n) is 2.23. The summed E-state index contributed by atoms with van der Waals surface area (Å²) in [6.07, 6.45) is 0.408. The van der Waals surface area contributed by atoms with Gasteiger partial charge < -0.3 is 14.9 Å². The van der Waals surface area contributed by atoms with E-state index in [1.807, 2.05) is 19.1 Å². The standard InChI is InChI=1S/C13H19N3O2/c1-10-12(11(2)18)3-4-13(14-10)16-7-5-15(9-17)6-8-16/h3-4,9,11,18H,5-8H2,1-2H3/t11-/m0/s1. The van der Waals surface area contributed by atoms with E-state index in [0.29, 0.717) is 0 Å². The van der Waals surface area contributed by atoms with Crippen LogP contribution in [0.25, 0.3) is 0 Å². The topological polar surface area (TPSA) is 56.7 Å². The molecule has 1 atom stereocenters. The molecule has 0 aromatic carbocycles. The predicted octanol–water partition coefficient (Wildman–Crippen LogP) is 0.722. The van der Waals surface area contributed by atoms with Gasteiger partial charge in [-0.05, 0) is 19.9 Å². The average Bonchev–Trinajstić information content (AvgIpc) is 2.38. The fourth-order valence-corrected chi connectivity index (χ4v) is 2.23. The molecule has 0 aliphatic carbocycles. The van der Waals surface area contributed by atoms with Crippen molar-refractivity contribution in [1.29, 1.82) is 0 Å². The number of aliphatic hydroxyl groups is 1. The van der Waals surface area contributed by atoms with Crippen LogP contribution in [-0.4, -0.2) is 47.6 Å². The van der Waals surface area contributed by atoms with E-state index in [0.717, 1.165) is 49.7 Å². The summed E-state index contributed by atoms with van der Waals surface area (Å²) in [6, 6.07) is 3.86. The summed E-state index contributed by atoms with van der Waals surface area (Å²) in [5, 5.41) is 9.57. The van der Waals surface area contributed by atoms with Crippen molar-refractivity contribution in [3.8, 4) is 0 Å². The van der Waals surface area contributed by atoms with E-state index in [-0.39, 0.29) is 0 Å². The van der Waals surface area contributed by atoms with E-state index in [1.165, 1.54) is 0 Å². The lowest BCUT2D eigenvalue weighted by molar-refractivity contribution is -0.118. The molecular formula is C13H19N3O2. The molecule has 0 radical (unpaired) electrons. The number of aryl methyl sites for hydroxylation is 1. The number of hydrogen-bond acceptors (Lipinski definition) is 4. The van der Waals surface area contributed by atoms with E-state index >= 15 is 0 Å². The highest BCUT2D eigenvalue weighted by atomic mass is 16.3. The van der Waals surface area contributed by atoms with E-state index in [2.05, 4.69) is 9.88 Å². The van der Waals surface area contributed by atoms with Crippen LogP contribution in [0.4, 0.5) is 5.82 Å². The summed E-state index contributed by atoms with van der Waals surface area (Å²) >= 11 is 0. The van der Waals surface area contributed by atoms with Crippen LogP contribution in [0.3, 0.4) is 0 Å². The number of rotatable bonds is 3. The summed E-state index contributed by atoms with van der Waals surface area (Å²) in [6.45, 7) is 6.74. The first-order chi connectivity index (χ1) is 8.61. The van der Waals surface area contributed by atoms with Crippen molar-refractivity contribution in [1.82, 2.24) is 9.88 Å². The average molecular weight is 249 g/mol. The van der Waals surface area contributed by atoms with Crippen molar-refractivity contribution in [2.75, 3.05) is 31.1 Å². The molecule has 18 heavy (non-hydrogen) atoms. The monoisotopic (exact) mass is 249 g/mol. The molecule has 2 heterocycles. The van der Waals surface area contributed by atoms with Gasteiger partial charge in [-0.15, -0.1) is 0 Å². The minimum absolute atomic E-state index is 0.488. The quantitative estimate of drug-likeness (QED) is 0.802. The highest BCUT2D eigenvalue weighted by Crippen LogP contribution is 2.20. The smallest absolute Gasteiger partial charge is 0.209 e. The Morgan fingerprint density at radius 2 is 2.00 bits per heavy atom. The molecule has 0 spiro atoms. The van der Waals surface area contributed by atoms with Crippen LogP contribution in [0.5, 0.6) is 0 Å². The van der Waals surface area contributed by atoms with Crippen LogP contribution in [0.2, 0.25) is 0 Å². The number of carbonyl (C=O) groups is 1. The largest absolute Gasteiger partial charge is 0.389 e. The van der Waals surface area contributed by atoms with Gasteiger partial charge in [-0.1, -0.05) is 6.07 Å². The molecule has 1 saturated heterocycles. The molecule has 0 bridgehead atoms. The molecule has 1 amide bonds. The Bertz CT molecular complexity index is 426. The molecule has 0 unspecified atom stereocenters. The van der Waals surface area contributed by atoms with Crippen LogP contribution in [0.1, 0.15) is 24.3 Å². The van der Waals surface area contributed by atoms with Crippen molar-refractivity contribution < 1.29 is 9.90 Å². The number of hydrogen-bond donors (Lipinski definition) is 1. The molecule has 2 rings (SSSR count). The van der Waals surface area contributed by atoms with Crippen LogP contribution in [-0.2, 0) is 4.79 Å². The van der Waals surface area contributed by atoms with Gasteiger partial charge in [0, 0.05) is 37.4 Å². The summed E-state index contributed by atoms with van der Waals surface area (Å²) in [7, 11) is 0. The van der Waals surface area contributed by atoms with Crippen molar-refractivity contribution in [2.45, 2.75) is 20.0 Å². The third-order valence-electron chi connectivity index (χ3n) is 3.35. The first-order valence-electron chi connectivity index (χ1n) is 6.21. The molecule has 5 heteroatoms. The molecule has 98 valence electrons. The molecule has 1 aromatic heterocycles. The van der Waals surface area contributed by atoms with Crippen LogP contribution < -0.4 is 4.90 Å². The number of anilines is 1. The number of aromatic nitrogens is 1. The van der Waals surface area contributed by atoms with Gasteiger partial charge >= 0.3 is 0 Å². The van der Waals surface area contributed by atoms with E-state index in [9.17, 15) is 9.90 Å². The van der Waals surface area contributed by atoms with Gasteiger partial charge in [-0.2, -0.15) is 0 Å². The van der Waals surface area contributed by atoms with Crippen molar-refractivity contribution in [3.63, 3.8) is 0 Å². The zero-order chi connectivity index (χ0) is 13.1. The van der Waals surface area contributed by atoms with Crippen LogP contribution in [0.15, 0.2) is 12.1 Å². The Labute approximate surface area is 107 Å². The second kappa shape index (κ2) is 5.35. The maximum atomic E-state index is 10.6. The summed E-state index contributed by atoms with van der Waals surface area (Å²) < 4.78 is 0. The third-order valence-corrected chi connectivity index (χ3v) is 3.35. The lowest BCUT2D eigenvalue weighted by Crippen LogP contribution is -2.46. The van der Waals surface area contributed by atoms with Gasteiger partial charge in [0.1, 0.15) is 5.82 Å². The third kappa shape index (κ3) is 2.61. The molecular weight excluding hydrogens is 230 g/mol. The van der Waals surface area contributed by atoms with Gasteiger partial charge in [-0.25, -0.2) is 4.98 Å². The summed E-state index contributed by atoms with van der Waals surface area (Å²) in [5.74, 6) is 0.919. The van der Waals surface area contributed by atoms with Crippen LogP contribution in [0, 0.1) is 6.92 Å². The second-order valence-corrected chi connectivity index (χ2v) is 4.65. The number of pyridine rings is 1. The van der Waals surface area contributed by atoms with E-state index in [4.69, 9.17) is 0 Å². The van der Waals surface area contributed by atoms with E-state index in [1.54, 1.807) is 11.8 Å². The minimum Gasteiger partial charge on any atom is -0.389 e. The molecule has 1 aliphatic heterocycles. The molecule has 1 N–H and O–H groups in total. The molecule has 0 saturated carbocycles. The first-order valence-corrected chi connectivity index (χ1v) is 6.21. The summed E-state index contributed by atoms with van der Waals surface area (Å²) in [5.41, 5.74) is 1.73. The highest BCUT2D eigenvalue weighted by molar-refractivity contribution is 5.49. The maximum Gasteiger partial charge on any atom is 0.209 e. The Morgan fingerprint density at radius 1 is 1.33 bits per heavy atom. The van der Waals surface area contributed by atoms with Crippen molar-refractivity contribution >= 4 is 12.2 Å². The number of amides is 1. The Balaban J connectivity index is 2.10. The van der Waals surface area contributed by atoms with Gasteiger partial charge in [-0.3, -0.25) is 4.79 Å². The highest BCUT2D eigenvalue weighted by Gasteiger charge is 2.17. The Morgan fingerprint density at radius 3 is 2.50 bits per heavy atom. The molecule has 1 aliphatic rings. The van der Waals surface area contributed by atoms with Gasteiger partial charge in [0.05, 0.1) is 6.10 Å². The number of carbonyl (C=O) groups excluding carboxylic acids is 1. The number of piperazine rings is 1. The Kier molecular flexibility index (Phi) is 3.81. The molecule has 5 nitrogen and oxygen atoms in total. The van der Waals surface area contributed by atoms with Gasteiger partial charge in [0.2, 0.25) is 6.41 Å². The second-order valence-electron chi connectivity index (χ2n) is 4.65. The summed E-state index contributed by atoms with van der Waals surface area (Å²) in [4.78, 5) is 19.1. The zero-order valence-electron chi connectivity index (χ0n) is 10.8. The zero-order valence-corrected chi connectivity index (χ0v) is 10.8. The van der Waals surface area contributed by atoms with Crippen molar-refractivity contribution in [2.24, 2.45) is 0 Å². The number of aliphatic hydroxyl groups excluding tert-OH is 1. The lowest BCUT2D eigenvalue weighted by atomic mass is 10.1. The lowest BCUT2D eigenvalue weighted by Gasteiger charge is -2.33. The first kappa shape index (κ1) is 12.8. The molecule has 1 aromatic rings. The maximum absolute atomic E-state index is 10.6. The normalized spacial score (nSPS) is 17.7.